The van der Waals surface area contributed by atoms with Crippen molar-refractivity contribution < 1.29 is 38.1 Å². The second kappa shape index (κ2) is 7.34. The van der Waals surface area contributed by atoms with Gasteiger partial charge in [-0.25, -0.2) is 18.0 Å². The van der Waals surface area contributed by atoms with E-state index in [-0.39, 0.29) is 0 Å². The van der Waals surface area contributed by atoms with Gasteiger partial charge in [-0.05, 0) is 38.8 Å². The van der Waals surface area contributed by atoms with Gasteiger partial charge in [-0.2, -0.15) is 0 Å². The highest BCUT2D eigenvalue weighted by atomic mass is 19.2. The highest BCUT2D eigenvalue weighted by Crippen LogP contribution is 2.17. The Morgan fingerprint density at radius 1 is 1.30 bits per heavy atom. The molecule has 0 aliphatic heterocycles. The van der Waals surface area contributed by atoms with E-state index < -0.39 is 71.6 Å². The van der Waals surface area contributed by atoms with Crippen LogP contribution in [0.5, 0.6) is 0 Å². The number of halogens is 3. The third-order valence-electron chi connectivity index (χ3n) is 2.33. The second-order valence-electron chi connectivity index (χ2n) is 5.52. The van der Waals surface area contributed by atoms with Crippen molar-refractivity contribution in [2.75, 3.05) is 0 Å². The number of amides is 1. The molecule has 0 fully saturated rings. The molecule has 1 amide bonds. The van der Waals surface area contributed by atoms with Crippen LogP contribution in [0.1, 0.15) is 38.2 Å². The molecule has 0 spiro atoms. The predicted octanol–water partition coefficient (Wildman–Crippen LogP) is 3.01. The number of carbonyl (C=O) groups excluding carboxylic acids is 1. The lowest BCUT2D eigenvalue weighted by Crippen LogP contribution is -2.41. The van der Waals surface area contributed by atoms with E-state index in [2.05, 4.69) is 0 Å². The van der Waals surface area contributed by atoms with Gasteiger partial charge in [-0.3, -0.25) is 4.79 Å². The summed E-state index contributed by atoms with van der Waals surface area (Å²) in [7, 11) is 0. The van der Waals surface area contributed by atoms with Gasteiger partial charge in [0.1, 0.15) is 11.4 Å². The van der Waals surface area contributed by atoms with Gasteiger partial charge in [0.2, 0.25) is 0 Å². The molecule has 5 nitrogen and oxygen atoms in total. The van der Waals surface area contributed by atoms with Crippen molar-refractivity contribution in [2.45, 2.75) is 45.2 Å². The number of hydrogen-bond acceptors (Lipinski definition) is 3. The fourth-order valence-corrected chi connectivity index (χ4v) is 1.55. The van der Waals surface area contributed by atoms with E-state index in [1.807, 2.05) is 5.32 Å². The Bertz CT molecular complexity index is 739. The highest BCUT2D eigenvalue weighted by Gasteiger charge is 2.23. The lowest BCUT2D eigenvalue weighted by Gasteiger charge is -2.23. The van der Waals surface area contributed by atoms with Crippen LogP contribution in [0.4, 0.5) is 18.0 Å². The zero-order chi connectivity index (χ0) is 21.3. The number of alkyl carbamates (subject to hydrolysis) is 1. The Morgan fingerprint density at radius 3 is 2.39 bits per heavy atom. The van der Waals surface area contributed by atoms with Gasteiger partial charge in [0, 0.05) is 14.8 Å². The Balaban J connectivity index is 3.35. The number of rotatable bonds is 5. The molecule has 0 aromatic heterocycles. The quantitative estimate of drug-likeness (QED) is 0.810. The summed E-state index contributed by atoms with van der Waals surface area (Å²) in [5, 5.41) is 11.0. The molecular weight excluding hydrogens is 315 g/mol. The summed E-state index contributed by atoms with van der Waals surface area (Å²) in [6.45, 7) is 4.45. The topological polar surface area (TPSA) is 75.6 Å². The van der Waals surface area contributed by atoms with Crippen LogP contribution in [0.2, 0.25) is 0 Å². The minimum Gasteiger partial charge on any atom is -0.481 e. The van der Waals surface area contributed by atoms with Gasteiger partial charge in [-0.1, -0.05) is 0 Å². The van der Waals surface area contributed by atoms with E-state index in [9.17, 15) is 22.8 Å². The van der Waals surface area contributed by atoms with E-state index in [1.165, 1.54) is 20.8 Å². The van der Waals surface area contributed by atoms with E-state index in [1.54, 1.807) is 0 Å². The van der Waals surface area contributed by atoms with Crippen molar-refractivity contribution in [1.29, 1.82) is 0 Å². The number of hydrogen-bond donors (Lipinski definition) is 2. The summed E-state index contributed by atoms with van der Waals surface area (Å²) in [4.78, 5) is 23.1. The van der Waals surface area contributed by atoms with Crippen molar-refractivity contribution in [3.63, 3.8) is 0 Å². The van der Waals surface area contributed by atoms with Crippen molar-refractivity contribution in [3.8, 4) is 0 Å². The van der Waals surface area contributed by atoms with Crippen LogP contribution in [-0.2, 0) is 16.0 Å². The van der Waals surface area contributed by atoms with Gasteiger partial charge in [-0.15, -0.1) is 0 Å². The molecule has 0 radical (unpaired) electrons. The summed E-state index contributed by atoms with van der Waals surface area (Å²) in [5.41, 5.74) is -1.97. The molecule has 0 unspecified atom stereocenters. The molecule has 1 aromatic rings. The Hall–Kier alpha value is -2.25. The molecule has 0 bridgehead atoms. The molecule has 1 atom stereocenters. The fourth-order valence-electron chi connectivity index (χ4n) is 1.55. The standard InChI is InChI=1S/C15H18F3NO4/c1-15(2,3)23-14(22)19-9(6-13(20)21)4-8-5-11(17)12(18)7-10(8)16/h5,7,9H,4,6H2,1-3H3,(H,19,22)(H,20,21)/t9-/m1/s1/i5D,6D2,7D. The predicted molar refractivity (Wildman–Crippen MR) is 75.4 cm³/mol. The molecule has 0 heterocycles. The van der Waals surface area contributed by atoms with Crippen molar-refractivity contribution in [1.82, 2.24) is 5.32 Å². The Labute approximate surface area is 137 Å². The summed E-state index contributed by atoms with van der Waals surface area (Å²) in [6.07, 6.45) is -5.45. The number of carboxylic acid groups (broad SMARTS) is 1. The van der Waals surface area contributed by atoms with Crippen molar-refractivity contribution >= 4 is 12.1 Å². The maximum atomic E-state index is 14.1. The molecule has 1 aromatic carbocycles. The SMILES string of the molecule is [2H]c1c(F)c(F)c([2H])c(C[C@@H](NC(=O)OC(C)(C)C)C([2H])([2H])C(=O)O)c1F. The molecule has 0 saturated heterocycles. The molecule has 0 aliphatic carbocycles. The lowest BCUT2D eigenvalue weighted by atomic mass is 10.0. The van der Waals surface area contributed by atoms with E-state index in [0.717, 1.165) is 0 Å². The van der Waals surface area contributed by atoms with Crippen LogP contribution in [0, 0.1) is 17.5 Å². The number of ether oxygens (including phenoxy) is 1. The first-order valence-corrected chi connectivity index (χ1v) is 6.45. The van der Waals surface area contributed by atoms with Gasteiger partial charge in [0.25, 0.3) is 0 Å². The summed E-state index contributed by atoms with van der Waals surface area (Å²) in [5.74, 6) is -7.43. The first kappa shape index (κ1) is 13.2. The Kier molecular flexibility index (Phi) is 4.22. The zero-order valence-electron chi connectivity index (χ0n) is 16.6. The van der Waals surface area contributed by atoms with E-state index in [0.29, 0.717) is 0 Å². The van der Waals surface area contributed by atoms with Gasteiger partial charge >= 0.3 is 12.1 Å². The van der Waals surface area contributed by atoms with Crippen molar-refractivity contribution in [2.24, 2.45) is 0 Å². The normalized spacial score (nSPS) is 15.7. The minimum atomic E-state index is -3.18. The molecule has 8 heteroatoms. The summed E-state index contributed by atoms with van der Waals surface area (Å²) < 4.78 is 75.8. The molecular formula is C15H18F3NO4. The maximum absolute atomic E-state index is 14.1. The fraction of sp³-hybridized carbons (Fsp3) is 0.467. The Morgan fingerprint density at radius 2 is 1.87 bits per heavy atom. The molecule has 0 aliphatic rings. The third kappa shape index (κ3) is 6.58. The van der Waals surface area contributed by atoms with Crippen LogP contribution < -0.4 is 5.32 Å². The lowest BCUT2D eigenvalue weighted by molar-refractivity contribution is -0.137. The second-order valence-corrected chi connectivity index (χ2v) is 5.52. The van der Waals surface area contributed by atoms with E-state index in [4.69, 9.17) is 15.3 Å². The monoisotopic (exact) mass is 337 g/mol. The zero-order valence-corrected chi connectivity index (χ0v) is 12.6. The highest BCUT2D eigenvalue weighted by molar-refractivity contribution is 5.71. The van der Waals surface area contributed by atoms with Crippen LogP contribution in [0.3, 0.4) is 0 Å². The number of nitrogens with one attached hydrogen (secondary N) is 1. The molecule has 1 rings (SSSR count). The van der Waals surface area contributed by atoms with Crippen LogP contribution in [-0.4, -0.2) is 28.8 Å². The number of benzene rings is 1. The molecule has 0 saturated carbocycles. The maximum Gasteiger partial charge on any atom is 0.407 e. The molecule has 128 valence electrons. The van der Waals surface area contributed by atoms with Crippen LogP contribution in [0.25, 0.3) is 0 Å². The van der Waals surface area contributed by atoms with Gasteiger partial charge in [0.15, 0.2) is 11.6 Å². The first-order valence-electron chi connectivity index (χ1n) is 8.45. The summed E-state index contributed by atoms with van der Waals surface area (Å²) in [6, 6.07) is -4.81. The van der Waals surface area contributed by atoms with E-state index >= 15 is 0 Å². The number of carbonyl (C=O) groups is 2. The number of carboxylic acids is 1. The average Bonchev–Trinajstić information content (AvgIpc) is 2.52. The largest absolute Gasteiger partial charge is 0.481 e. The van der Waals surface area contributed by atoms with Crippen molar-refractivity contribution in [3.05, 3.63) is 35.1 Å². The first-order chi connectivity index (χ1) is 12.1. The average molecular weight is 337 g/mol. The molecule has 2 N–H and O–H groups in total. The smallest absolute Gasteiger partial charge is 0.407 e. The van der Waals surface area contributed by atoms with Crippen LogP contribution >= 0.6 is 0 Å². The van der Waals surface area contributed by atoms with Gasteiger partial charge in [0.05, 0.1) is 9.11 Å². The van der Waals surface area contributed by atoms with Crippen LogP contribution in [0.15, 0.2) is 12.1 Å². The minimum absolute atomic E-state index is 0.954. The third-order valence-corrected chi connectivity index (χ3v) is 2.33. The summed E-state index contributed by atoms with van der Waals surface area (Å²) >= 11 is 0. The number of aliphatic carboxylic acids is 1. The molecule has 23 heavy (non-hydrogen) atoms. The van der Waals surface area contributed by atoms with Gasteiger partial charge < -0.3 is 15.2 Å².